The number of carbonyl (C=O) groups is 1. The Labute approximate surface area is 118 Å². The first-order chi connectivity index (χ1) is 9.30. The van der Waals surface area contributed by atoms with Gasteiger partial charge in [-0.2, -0.15) is 0 Å². The maximum atomic E-state index is 13.6. The SMILES string of the molecule is CCN(CC(C)(C)CN)C(=O)Cc1cccc(F)c1F. The maximum Gasteiger partial charge on any atom is 0.227 e. The highest BCUT2D eigenvalue weighted by Crippen LogP contribution is 2.17. The number of benzene rings is 1. The fourth-order valence-electron chi connectivity index (χ4n) is 1.92. The zero-order valence-corrected chi connectivity index (χ0v) is 12.2. The zero-order valence-electron chi connectivity index (χ0n) is 12.2. The summed E-state index contributed by atoms with van der Waals surface area (Å²) in [6.45, 7) is 7.24. The molecule has 0 unspecified atom stereocenters. The van der Waals surface area contributed by atoms with Gasteiger partial charge >= 0.3 is 0 Å². The summed E-state index contributed by atoms with van der Waals surface area (Å²) in [4.78, 5) is 13.8. The summed E-state index contributed by atoms with van der Waals surface area (Å²) in [5.41, 5.74) is 5.54. The number of amides is 1. The van der Waals surface area contributed by atoms with Crippen LogP contribution in [0.3, 0.4) is 0 Å². The maximum absolute atomic E-state index is 13.6. The van der Waals surface area contributed by atoms with E-state index in [1.807, 2.05) is 20.8 Å². The second-order valence-corrected chi connectivity index (χ2v) is 5.67. The molecule has 0 aliphatic carbocycles. The van der Waals surface area contributed by atoms with Crippen molar-refractivity contribution in [2.24, 2.45) is 11.1 Å². The lowest BCUT2D eigenvalue weighted by Crippen LogP contribution is -2.42. The molecule has 1 aromatic rings. The molecule has 20 heavy (non-hydrogen) atoms. The molecular formula is C15H22F2N2O. The van der Waals surface area contributed by atoms with Gasteiger partial charge in [0.05, 0.1) is 6.42 Å². The van der Waals surface area contributed by atoms with Gasteiger partial charge in [0.15, 0.2) is 11.6 Å². The van der Waals surface area contributed by atoms with Crippen LogP contribution < -0.4 is 5.73 Å². The largest absolute Gasteiger partial charge is 0.342 e. The summed E-state index contributed by atoms with van der Waals surface area (Å²) >= 11 is 0. The highest BCUT2D eigenvalue weighted by atomic mass is 19.2. The van der Waals surface area contributed by atoms with Gasteiger partial charge in [0, 0.05) is 18.7 Å². The number of rotatable bonds is 6. The van der Waals surface area contributed by atoms with Crippen molar-refractivity contribution >= 4 is 5.91 Å². The van der Waals surface area contributed by atoms with Crippen molar-refractivity contribution in [2.75, 3.05) is 19.6 Å². The molecule has 3 nitrogen and oxygen atoms in total. The van der Waals surface area contributed by atoms with Crippen molar-refractivity contribution in [3.8, 4) is 0 Å². The van der Waals surface area contributed by atoms with Gasteiger partial charge < -0.3 is 10.6 Å². The van der Waals surface area contributed by atoms with Crippen molar-refractivity contribution in [1.82, 2.24) is 4.90 Å². The molecule has 1 rings (SSSR count). The van der Waals surface area contributed by atoms with Crippen LogP contribution in [0, 0.1) is 17.0 Å². The zero-order chi connectivity index (χ0) is 15.3. The normalized spacial score (nSPS) is 11.5. The molecule has 1 amide bonds. The van der Waals surface area contributed by atoms with Crippen LogP contribution in [-0.4, -0.2) is 30.4 Å². The lowest BCUT2D eigenvalue weighted by Gasteiger charge is -2.31. The predicted molar refractivity (Wildman–Crippen MR) is 75.2 cm³/mol. The fourth-order valence-corrected chi connectivity index (χ4v) is 1.92. The van der Waals surface area contributed by atoms with E-state index in [2.05, 4.69) is 0 Å². The Balaban J connectivity index is 2.80. The number of carbonyl (C=O) groups excluding carboxylic acids is 1. The molecule has 0 fully saturated rings. The molecule has 5 heteroatoms. The van der Waals surface area contributed by atoms with Crippen molar-refractivity contribution in [3.63, 3.8) is 0 Å². The van der Waals surface area contributed by atoms with E-state index in [0.717, 1.165) is 6.07 Å². The fraction of sp³-hybridized carbons (Fsp3) is 0.533. The number of nitrogens with zero attached hydrogens (tertiary/aromatic N) is 1. The van der Waals surface area contributed by atoms with E-state index >= 15 is 0 Å². The average Bonchev–Trinajstić information content (AvgIpc) is 2.41. The molecule has 0 bridgehead atoms. The number of halogens is 2. The summed E-state index contributed by atoms with van der Waals surface area (Å²) in [6.07, 6.45) is -0.141. The van der Waals surface area contributed by atoms with Gasteiger partial charge in [-0.1, -0.05) is 26.0 Å². The third-order valence-corrected chi connectivity index (χ3v) is 3.28. The Morgan fingerprint density at radius 2 is 2.00 bits per heavy atom. The van der Waals surface area contributed by atoms with Crippen molar-refractivity contribution in [1.29, 1.82) is 0 Å². The third-order valence-electron chi connectivity index (χ3n) is 3.28. The minimum Gasteiger partial charge on any atom is -0.342 e. The Morgan fingerprint density at radius 1 is 1.35 bits per heavy atom. The van der Waals surface area contributed by atoms with Gasteiger partial charge in [-0.15, -0.1) is 0 Å². The van der Waals surface area contributed by atoms with E-state index in [-0.39, 0.29) is 23.3 Å². The molecule has 0 aromatic heterocycles. The van der Waals surface area contributed by atoms with Crippen molar-refractivity contribution in [2.45, 2.75) is 27.2 Å². The first kappa shape index (κ1) is 16.6. The summed E-state index contributed by atoms with van der Waals surface area (Å²) in [7, 11) is 0. The molecule has 0 heterocycles. The average molecular weight is 284 g/mol. The molecule has 1 aromatic carbocycles. The lowest BCUT2D eigenvalue weighted by atomic mass is 9.93. The van der Waals surface area contributed by atoms with Gasteiger partial charge in [-0.25, -0.2) is 8.78 Å². The lowest BCUT2D eigenvalue weighted by molar-refractivity contribution is -0.131. The molecule has 0 aliphatic heterocycles. The molecule has 0 saturated heterocycles. The van der Waals surface area contributed by atoms with Crippen LogP contribution in [0.5, 0.6) is 0 Å². The van der Waals surface area contributed by atoms with Crippen LogP contribution in [0.2, 0.25) is 0 Å². The second kappa shape index (κ2) is 6.79. The van der Waals surface area contributed by atoms with Gasteiger partial charge in [-0.05, 0) is 24.9 Å². The van der Waals surface area contributed by atoms with E-state index in [0.29, 0.717) is 19.6 Å². The van der Waals surface area contributed by atoms with Crippen LogP contribution in [0.15, 0.2) is 18.2 Å². The number of likely N-dealkylation sites (N-methyl/N-ethyl adjacent to an activating group) is 1. The van der Waals surface area contributed by atoms with Gasteiger partial charge in [0.2, 0.25) is 5.91 Å². The molecule has 2 N–H and O–H groups in total. The molecule has 112 valence electrons. The molecule has 0 aliphatic rings. The topological polar surface area (TPSA) is 46.3 Å². The van der Waals surface area contributed by atoms with Crippen LogP contribution in [0.4, 0.5) is 8.78 Å². The van der Waals surface area contributed by atoms with Gasteiger partial charge in [0.1, 0.15) is 0 Å². The Hall–Kier alpha value is -1.49. The number of nitrogens with two attached hydrogens (primary N) is 1. The number of hydrogen-bond donors (Lipinski definition) is 1. The minimum absolute atomic E-state index is 0.0824. The first-order valence-corrected chi connectivity index (χ1v) is 6.71. The highest BCUT2D eigenvalue weighted by molar-refractivity contribution is 5.78. The quantitative estimate of drug-likeness (QED) is 0.871. The second-order valence-electron chi connectivity index (χ2n) is 5.67. The van der Waals surface area contributed by atoms with Crippen LogP contribution in [0.1, 0.15) is 26.3 Å². The smallest absolute Gasteiger partial charge is 0.227 e. The molecule has 0 atom stereocenters. The Morgan fingerprint density at radius 3 is 2.55 bits per heavy atom. The monoisotopic (exact) mass is 284 g/mol. The van der Waals surface area contributed by atoms with E-state index in [4.69, 9.17) is 5.73 Å². The Kier molecular flexibility index (Phi) is 5.62. The highest BCUT2D eigenvalue weighted by Gasteiger charge is 2.23. The van der Waals surface area contributed by atoms with E-state index in [9.17, 15) is 13.6 Å². The molecule has 0 radical (unpaired) electrons. The predicted octanol–water partition coefficient (Wildman–Crippen LogP) is 2.34. The van der Waals surface area contributed by atoms with E-state index < -0.39 is 11.6 Å². The van der Waals surface area contributed by atoms with Gasteiger partial charge in [0.25, 0.3) is 0 Å². The summed E-state index contributed by atoms with van der Waals surface area (Å²) in [5, 5.41) is 0. The summed E-state index contributed by atoms with van der Waals surface area (Å²) in [5.74, 6) is -2.10. The van der Waals surface area contributed by atoms with Crippen LogP contribution in [0.25, 0.3) is 0 Å². The summed E-state index contributed by atoms with van der Waals surface area (Å²) < 4.78 is 26.7. The van der Waals surface area contributed by atoms with E-state index in [1.165, 1.54) is 12.1 Å². The molecule has 0 spiro atoms. The van der Waals surface area contributed by atoms with Gasteiger partial charge in [-0.3, -0.25) is 4.79 Å². The summed E-state index contributed by atoms with van der Waals surface area (Å²) in [6, 6.07) is 3.87. The Bertz CT molecular complexity index is 475. The standard InChI is InChI=1S/C15H22F2N2O/c1-4-19(10-15(2,3)9-18)13(20)8-11-6-5-7-12(16)14(11)17/h5-7H,4,8-10,18H2,1-3H3. The number of hydrogen-bond acceptors (Lipinski definition) is 2. The first-order valence-electron chi connectivity index (χ1n) is 6.71. The minimum atomic E-state index is -0.949. The van der Waals surface area contributed by atoms with Crippen molar-refractivity contribution < 1.29 is 13.6 Å². The molecule has 0 saturated carbocycles. The third kappa shape index (κ3) is 4.27. The van der Waals surface area contributed by atoms with Crippen LogP contribution >= 0.6 is 0 Å². The van der Waals surface area contributed by atoms with E-state index in [1.54, 1.807) is 4.90 Å². The van der Waals surface area contributed by atoms with Crippen LogP contribution in [-0.2, 0) is 11.2 Å². The van der Waals surface area contributed by atoms with Crippen molar-refractivity contribution in [3.05, 3.63) is 35.4 Å². The molecular weight excluding hydrogens is 262 g/mol.